The van der Waals surface area contributed by atoms with Crippen molar-refractivity contribution in [3.63, 3.8) is 0 Å². The van der Waals surface area contributed by atoms with Crippen LogP contribution in [-0.4, -0.2) is 29.1 Å². The minimum Gasteiger partial charge on any atom is -0.481 e. The Kier molecular flexibility index (Phi) is 6.01. The standard InChI is InChI=1S/C22H20N2O4/c1-28-21-13-11-17(14-23-21)16-9-6-15(7-10-16)8-12-20(25)24-19-5-3-2-4-18(19)22(26)27/h2-7,9-11,13-14H,8,12H2,1H3,(H,24,25)(H,26,27). The van der Waals surface area contributed by atoms with Crippen molar-refractivity contribution in [2.24, 2.45) is 0 Å². The molecule has 0 unspecified atom stereocenters. The van der Waals surface area contributed by atoms with E-state index in [0.29, 0.717) is 18.0 Å². The summed E-state index contributed by atoms with van der Waals surface area (Å²) in [6, 6.07) is 18.0. The van der Waals surface area contributed by atoms with E-state index in [1.807, 2.05) is 36.4 Å². The number of pyridine rings is 1. The molecule has 142 valence electrons. The predicted octanol–water partition coefficient (Wildman–Crippen LogP) is 4.03. The van der Waals surface area contributed by atoms with Crippen molar-refractivity contribution < 1.29 is 19.4 Å². The van der Waals surface area contributed by atoms with Gasteiger partial charge in [0.1, 0.15) is 0 Å². The second-order valence-corrected chi connectivity index (χ2v) is 6.19. The Hall–Kier alpha value is -3.67. The smallest absolute Gasteiger partial charge is 0.337 e. The summed E-state index contributed by atoms with van der Waals surface area (Å²) >= 11 is 0. The molecule has 6 nitrogen and oxygen atoms in total. The van der Waals surface area contributed by atoms with Crippen LogP contribution in [0.4, 0.5) is 5.69 Å². The highest BCUT2D eigenvalue weighted by Crippen LogP contribution is 2.21. The number of carboxylic acids is 1. The van der Waals surface area contributed by atoms with Crippen molar-refractivity contribution in [3.05, 3.63) is 78.0 Å². The average molecular weight is 376 g/mol. The molecule has 2 N–H and O–H groups in total. The number of nitrogens with one attached hydrogen (secondary N) is 1. The summed E-state index contributed by atoms with van der Waals surface area (Å²) in [7, 11) is 1.58. The highest BCUT2D eigenvalue weighted by atomic mass is 16.5. The summed E-state index contributed by atoms with van der Waals surface area (Å²) in [5, 5.41) is 11.8. The quantitative estimate of drug-likeness (QED) is 0.650. The zero-order chi connectivity index (χ0) is 19.9. The number of aryl methyl sites for hydroxylation is 1. The Balaban J connectivity index is 1.59. The molecule has 6 heteroatoms. The number of nitrogens with zero attached hydrogens (tertiary/aromatic N) is 1. The maximum absolute atomic E-state index is 12.2. The number of methoxy groups -OCH3 is 1. The van der Waals surface area contributed by atoms with E-state index in [2.05, 4.69) is 10.3 Å². The molecule has 1 amide bonds. The molecule has 2 aromatic carbocycles. The van der Waals surface area contributed by atoms with Crippen molar-refractivity contribution in [2.75, 3.05) is 12.4 Å². The third kappa shape index (κ3) is 4.73. The van der Waals surface area contributed by atoms with Crippen molar-refractivity contribution in [1.29, 1.82) is 0 Å². The van der Waals surface area contributed by atoms with Crippen LogP contribution >= 0.6 is 0 Å². The summed E-state index contributed by atoms with van der Waals surface area (Å²) in [5.41, 5.74) is 3.41. The van der Waals surface area contributed by atoms with Gasteiger partial charge in [0.15, 0.2) is 0 Å². The van der Waals surface area contributed by atoms with Crippen LogP contribution in [-0.2, 0) is 11.2 Å². The van der Waals surface area contributed by atoms with Gasteiger partial charge in [0, 0.05) is 24.2 Å². The van der Waals surface area contributed by atoms with Gasteiger partial charge >= 0.3 is 5.97 Å². The number of carbonyl (C=O) groups excluding carboxylic acids is 1. The fourth-order valence-corrected chi connectivity index (χ4v) is 2.78. The third-order valence-electron chi connectivity index (χ3n) is 4.31. The normalized spacial score (nSPS) is 10.3. The summed E-state index contributed by atoms with van der Waals surface area (Å²) in [4.78, 5) is 27.6. The summed E-state index contributed by atoms with van der Waals surface area (Å²) < 4.78 is 5.06. The van der Waals surface area contributed by atoms with Crippen LogP contribution in [0.5, 0.6) is 5.88 Å². The van der Waals surface area contributed by atoms with E-state index in [-0.39, 0.29) is 17.9 Å². The first-order valence-corrected chi connectivity index (χ1v) is 8.78. The van der Waals surface area contributed by atoms with Gasteiger partial charge in [-0.25, -0.2) is 9.78 Å². The summed E-state index contributed by atoms with van der Waals surface area (Å²) in [6.45, 7) is 0. The fourth-order valence-electron chi connectivity index (χ4n) is 2.78. The van der Waals surface area contributed by atoms with Gasteiger partial charge in [0.2, 0.25) is 11.8 Å². The molecule has 1 aromatic heterocycles. The number of rotatable bonds is 7. The van der Waals surface area contributed by atoms with Crippen LogP contribution in [0.15, 0.2) is 66.9 Å². The molecule has 28 heavy (non-hydrogen) atoms. The number of anilines is 1. The molecule has 0 fully saturated rings. The van der Waals surface area contributed by atoms with Gasteiger partial charge in [-0.1, -0.05) is 36.4 Å². The molecule has 3 rings (SSSR count). The lowest BCUT2D eigenvalue weighted by Gasteiger charge is -2.09. The van der Waals surface area contributed by atoms with Gasteiger partial charge in [-0.15, -0.1) is 0 Å². The molecule has 0 bridgehead atoms. The molecule has 0 aliphatic carbocycles. The van der Waals surface area contributed by atoms with Crippen molar-refractivity contribution >= 4 is 17.6 Å². The highest BCUT2D eigenvalue weighted by molar-refractivity contribution is 6.00. The molecular formula is C22H20N2O4. The van der Waals surface area contributed by atoms with Crippen LogP contribution in [0, 0.1) is 0 Å². The molecule has 0 saturated carbocycles. The lowest BCUT2D eigenvalue weighted by molar-refractivity contribution is -0.116. The monoisotopic (exact) mass is 376 g/mol. The maximum Gasteiger partial charge on any atom is 0.337 e. The molecule has 3 aromatic rings. The Morgan fingerprint density at radius 2 is 1.71 bits per heavy atom. The number of hydrogen-bond acceptors (Lipinski definition) is 4. The van der Waals surface area contributed by atoms with Gasteiger partial charge in [-0.2, -0.15) is 0 Å². The predicted molar refractivity (Wildman–Crippen MR) is 107 cm³/mol. The molecule has 0 aliphatic heterocycles. The molecule has 0 saturated heterocycles. The second-order valence-electron chi connectivity index (χ2n) is 6.19. The van der Waals surface area contributed by atoms with Gasteiger partial charge in [-0.3, -0.25) is 4.79 Å². The molecule has 1 heterocycles. The van der Waals surface area contributed by atoms with Crippen LogP contribution < -0.4 is 10.1 Å². The van der Waals surface area contributed by atoms with Gasteiger partial charge < -0.3 is 15.2 Å². The molecule has 0 spiro atoms. The zero-order valence-corrected chi connectivity index (χ0v) is 15.4. The van der Waals surface area contributed by atoms with E-state index < -0.39 is 5.97 Å². The van der Waals surface area contributed by atoms with Crippen molar-refractivity contribution in [3.8, 4) is 17.0 Å². The van der Waals surface area contributed by atoms with Crippen LogP contribution in [0.3, 0.4) is 0 Å². The van der Waals surface area contributed by atoms with Crippen molar-refractivity contribution in [1.82, 2.24) is 4.98 Å². The molecule has 0 aliphatic rings. The highest BCUT2D eigenvalue weighted by Gasteiger charge is 2.11. The Morgan fingerprint density at radius 1 is 1.00 bits per heavy atom. The lowest BCUT2D eigenvalue weighted by atomic mass is 10.0. The maximum atomic E-state index is 12.2. The van der Waals surface area contributed by atoms with Gasteiger partial charge in [-0.05, 0) is 35.7 Å². The number of ether oxygens (including phenoxy) is 1. The van der Waals surface area contributed by atoms with Crippen LogP contribution in [0.25, 0.3) is 11.1 Å². The Morgan fingerprint density at radius 3 is 2.36 bits per heavy atom. The first-order valence-electron chi connectivity index (χ1n) is 8.78. The molecule has 0 radical (unpaired) electrons. The SMILES string of the molecule is COc1ccc(-c2ccc(CCC(=O)Nc3ccccc3C(=O)O)cc2)cn1. The van der Waals surface area contributed by atoms with Gasteiger partial charge in [0.25, 0.3) is 0 Å². The Labute approximate surface area is 162 Å². The number of aromatic nitrogens is 1. The van der Waals surface area contributed by atoms with Crippen LogP contribution in [0.2, 0.25) is 0 Å². The average Bonchev–Trinajstić information content (AvgIpc) is 2.73. The number of para-hydroxylation sites is 1. The first kappa shape index (κ1) is 19.1. The minimum absolute atomic E-state index is 0.0771. The van der Waals surface area contributed by atoms with E-state index in [1.54, 1.807) is 31.5 Å². The first-order chi connectivity index (χ1) is 13.6. The van der Waals surface area contributed by atoms with E-state index in [0.717, 1.165) is 16.7 Å². The number of benzene rings is 2. The fraction of sp³-hybridized carbons (Fsp3) is 0.136. The number of carboxylic acid groups (broad SMARTS) is 1. The number of carbonyl (C=O) groups is 2. The minimum atomic E-state index is -1.07. The largest absolute Gasteiger partial charge is 0.481 e. The third-order valence-corrected chi connectivity index (χ3v) is 4.31. The van der Waals surface area contributed by atoms with Crippen molar-refractivity contribution in [2.45, 2.75) is 12.8 Å². The second kappa shape index (κ2) is 8.81. The number of amides is 1. The topological polar surface area (TPSA) is 88.5 Å². The summed E-state index contributed by atoms with van der Waals surface area (Å²) in [6.07, 6.45) is 2.57. The molecular weight excluding hydrogens is 356 g/mol. The van der Waals surface area contributed by atoms with Crippen LogP contribution in [0.1, 0.15) is 22.3 Å². The number of hydrogen-bond donors (Lipinski definition) is 2. The van der Waals surface area contributed by atoms with Gasteiger partial charge in [0.05, 0.1) is 18.4 Å². The lowest BCUT2D eigenvalue weighted by Crippen LogP contribution is -2.15. The number of aromatic carboxylic acids is 1. The van der Waals surface area contributed by atoms with E-state index in [9.17, 15) is 14.7 Å². The van der Waals surface area contributed by atoms with E-state index in [1.165, 1.54) is 6.07 Å². The molecule has 0 atom stereocenters. The van der Waals surface area contributed by atoms with E-state index in [4.69, 9.17) is 4.74 Å². The zero-order valence-electron chi connectivity index (χ0n) is 15.4. The Bertz CT molecular complexity index is 967. The summed E-state index contributed by atoms with van der Waals surface area (Å²) in [5.74, 6) is -0.729. The van der Waals surface area contributed by atoms with E-state index >= 15 is 0 Å².